The van der Waals surface area contributed by atoms with Crippen molar-refractivity contribution in [3.8, 4) is 0 Å². The molecule has 0 spiro atoms. The summed E-state index contributed by atoms with van der Waals surface area (Å²) in [4.78, 5) is 41.2. The minimum atomic E-state index is -0.404. The van der Waals surface area contributed by atoms with E-state index in [1.807, 2.05) is 12.2 Å². The summed E-state index contributed by atoms with van der Waals surface area (Å²) in [6.45, 7) is 3.34. The van der Waals surface area contributed by atoms with Crippen LogP contribution in [0.15, 0.2) is 36.4 Å². The van der Waals surface area contributed by atoms with Gasteiger partial charge in [0.25, 0.3) is 5.69 Å². The van der Waals surface area contributed by atoms with Crippen molar-refractivity contribution in [1.82, 2.24) is 9.80 Å². The summed E-state index contributed by atoms with van der Waals surface area (Å²) in [5.74, 6) is -0.424. The van der Waals surface area contributed by atoms with Crippen LogP contribution in [-0.2, 0) is 9.59 Å². The minimum Gasteiger partial charge on any atom is -0.369 e. The van der Waals surface area contributed by atoms with Crippen molar-refractivity contribution in [2.24, 2.45) is 11.8 Å². The van der Waals surface area contributed by atoms with E-state index in [1.165, 1.54) is 17.0 Å². The van der Waals surface area contributed by atoms with Crippen LogP contribution < -0.4 is 4.90 Å². The van der Waals surface area contributed by atoms with Gasteiger partial charge in [-0.2, -0.15) is 0 Å². The molecule has 2 atom stereocenters. The predicted octanol–water partition coefficient (Wildman–Crippen LogP) is 1.63. The van der Waals surface area contributed by atoms with Crippen molar-refractivity contribution in [2.75, 3.05) is 37.7 Å². The highest BCUT2D eigenvalue weighted by molar-refractivity contribution is 6.05. The number of likely N-dealkylation sites (tertiary alicyclic amines) is 1. The van der Waals surface area contributed by atoms with Crippen LogP contribution in [-0.4, -0.2) is 59.4 Å². The maximum absolute atomic E-state index is 12.6. The number of anilines is 1. The molecule has 4 rings (SSSR count). The molecule has 0 saturated carbocycles. The molecule has 0 bridgehead atoms. The van der Waals surface area contributed by atoms with E-state index in [-0.39, 0.29) is 29.3 Å². The van der Waals surface area contributed by atoms with Gasteiger partial charge in [-0.3, -0.25) is 29.5 Å². The number of rotatable bonds is 4. The average molecular weight is 370 g/mol. The van der Waals surface area contributed by atoms with Crippen molar-refractivity contribution in [1.29, 1.82) is 0 Å². The number of carbonyl (C=O) groups excluding carboxylic acids is 2. The molecule has 1 aromatic rings. The lowest BCUT2D eigenvalue weighted by Gasteiger charge is -2.37. The number of non-ortho nitro benzene ring substituents is 1. The lowest BCUT2D eigenvalue weighted by molar-refractivity contribution is -0.384. The van der Waals surface area contributed by atoms with Gasteiger partial charge in [-0.1, -0.05) is 12.2 Å². The van der Waals surface area contributed by atoms with Crippen molar-refractivity contribution in [3.63, 3.8) is 0 Å². The highest BCUT2D eigenvalue weighted by Crippen LogP contribution is 2.35. The zero-order valence-corrected chi connectivity index (χ0v) is 15.0. The van der Waals surface area contributed by atoms with E-state index in [0.717, 1.165) is 31.9 Å². The summed E-state index contributed by atoms with van der Waals surface area (Å²) >= 11 is 0. The van der Waals surface area contributed by atoms with E-state index in [2.05, 4.69) is 9.80 Å². The number of nitro groups is 1. The van der Waals surface area contributed by atoms with Crippen LogP contribution in [0.5, 0.6) is 0 Å². The van der Waals surface area contributed by atoms with Crippen LogP contribution >= 0.6 is 0 Å². The number of allylic oxidation sites excluding steroid dienone is 2. The highest BCUT2D eigenvalue weighted by atomic mass is 16.6. The van der Waals surface area contributed by atoms with E-state index in [4.69, 9.17) is 0 Å². The number of amides is 2. The number of nitrogens with zero attached hydrogens (tertiary/aromatic N) is 4. The Morgan fingerprint density at radius 3 is 2.00 bits per heavy atom. The van der Waals surface area contributed by atoms with Crippen LogP contribution in [0.3, 0.4) is 0 Å². The Hall–Kier alpha value is -2.74. The number of imide groups is 1. The van der Waals surface area contributed by atoms with Gasteiger partial charge in [0.05, 0.1) is 23.4 Å². The van der Waals surface area contributed by atoms with Gasteiger partial charge in [0, 0.05) is 44.0 Å². The average Bonchev–Trinajstić information content (AvgIpc) is 2.94. The monoisotopic (exact) mass is 370 g/mol. The van der Waals surface area contributed by atoms with Crippen molar-refractivity contribution >= 4 is 23.2 Å². The second kappa shape index (κ2) is 7.11. The number of benzene rings is 1. The fourth-order valence-corrected chi connectivity index (χ4v) is 4.14. The Kier molecular flexibility index (Phi) is 4.65. The number of hydrogen-bond donors (Lipinski definition) is 0. The number of piperazine rings is 1. The van der Waals surface area contributed by atoms with Gasteiger partial charge < -0.3 is 4.90 Å². The van der Waals surface area contributed by atoms with E-state index < -0.39 is 4.92 Å². The standard InChI is InChI=1S/C19H22N4O4/c24-18-16-3-1-2-4-17(16)19(25)22(18)13-20-9-11-21(12-10-20)14-5-7-15(8-6-14)23(26)27/h1-2,5-8,16-17H,3-4,9-13H2/t16-,17+. The third-order valence-corrected chi connectivity index (χ3v) is 5.74. The molecule has 8 nitrogen and oxygen atoms in total. The topological polar surface area (TPSA) is 87.0 Å². The molecular formula is C19H22N4O4. The Morgan fingerprint density at radius 2 is 1.48 bits per heavy atom. The molecule has 2 heterocycles. The first-order valence-corrected chi connectivity index (χ1v) is 9.26. The van der Waals surface area contributed by atoms with Gasteiger partial charge in [0.2, 0.25) is 11.8 Å². The van der Waals surface area contributed by atoms with Crippen LogP contribution in [0, 0.1) is 22.0 Å². The van der Waals surface area contributed by atoms with Crippen molar-refractivity contribution < 1.29 is 14.5 Å². The second-order valence-electron chi connectivity index (χ2n) is 7.28. The molecule has 2 aliphatic heterocycles. The maximum atomic E-state index is 12.6. The molecule has 8 heteroatoms. The Balaban J connectivity index is 1.34. The molecule has 2 fully saturated rings. The first kappa shape index (κ1) is 17.7. The third kappa shape index (κ3) is 3.32. The van der Waals surface area contributed by atoms with E-state index >= 15 is 0 Å². The molecular weight excluding hydrogens is 348 g/mol. The largest absolute Gasteiger partial charge is 0.369 e. The molecule has 0 radical (unpaired) electrons. The van der Waals surface area contributed by atoms with Crippen molar-refractivity contribution in [3.05, 3.63) is 46.5 Å². The second-order valence-corrected chi connectivity index (χ2v) is 7.28. The predicted molar refractivity (Wildman–Crippen MR) is 99.0 cm³/mol. The molecule has 27 heavy (non-hydrogen) atoms. The smallest absolute Gasteiger partial charge is 0.269 e. The summed E-state index contributed by atoms with van der Waals surface area (Å²) < 4.78 is 0. The molecule has 0 unspecified atom stereocenters. The summed E-state index contributed by atoms with van der Waals surface area (Å²) in [5, 5.41) is 10.8. The number of nitro benzene ring substituents is 1. The van der Waals surface area contributed by atoms with E-state index in [9.17, 15) is 19.7 Å². The summed E-state index contributed by atoms with van der Waals surface area (Å²) in [7, 11) is 0. The summed E-state index contributed by atoms with van der Waals surface area (Å²) in [6, 6.07) is 6.55. The Bertz CT molecular complexity index is 757. The van der Waals surface area contributed by atoms with Crippen molar-refractivity contribution in [2.45, 2.75) is 12.8 Å². The SMILES string of the molecule is O=C1[C@H]2CC=CC[C@H]2C(=O)N1CN1CCN(c2ccc([N+](=O)[O-])cc2)CC1. The highest BCUT2D eigenvalue weighted by Gasteiger charge is 2.47. The molecule has 0 N–H and O–H groups in total. The zero-order valence-electron chi connectivity index (χ0n) is 15.0. The Labute approximate surface area is 157 Å². The molecule has 0 aromatic heterocycles. The molecule has 2 amide bonds. The van der Waals surface area contributed by atoms with Gasteiger partial charge in [-0.25, -0.2) is 0 Å². The molecule has 1 aliphatic carbocycles. The number of carbonyl (C=O) groups is 2. The first-order valence-electron chi connectivity index (χ1n) is 9.26. The minimum absolute atomic E-state index is 0.0350. The van der Waals surface area contributed by atoms with Gasteiger partial charge in [-0.05, 0) is 25.0 Å². The number of hydrogen-bond acceptors (Lipinski definition) is 6. The van der Waals surface area contributed by atoms with Gasteiger partial charge in [-0.15, -0.1) is 0 Å². The third-order valence-electron chi connectivity index (χ3n) is 5.74. The first-order chi connectivity index (χ1) is 13.0. The molecule has 142 valence electrons. The lowest BCUT2D eigenvalue weighted by atomic mass is 9.85. The fraction of sp³-hybridized carbons (Fsp3) is 0.474. The molecule has 3 aliphatic rings. The normalized spacial score (nSPS) is 25.8. The van der Waals surface area contributed by atoms with Gasteiger partial charge in [0.1, 0.15) is 0 Å². The number of fused-ring (bicyclic) bond motifs is 1. The van der Waals surface area contributed by atoms with E-state index in [1.54, 1.807) is 12.1 Å². The quantitative estimate of drug-likeness (QED) is 0.346. The summed E-state index contributed by atoms with van der Waals surface area (Å²) in [5.41, 5.74) is 1.03. The zero-order chi connectivity index (χ0) is 19.0. The van der Waals surface area contributed by atoms with Crippen LogP contribution in [0.4, 0.5) is 11.4 Å². The van der Waals surface area contributed by atoms with Gasteiger partial charge in [0.15, 0.2) is 0 Å². The van der Waals surface area contributed by atoms with Crippen LogP contribution in [0.25, 0.3) is 0 Å². The molecule has 1 aromatic carbocycles. The van der Waals surface area contributed by atoms with Gasteiger partial charge >= 0.3 is 0 Å². The molecule has 2 saturated heterocycles. The fourth-order valence-electron chi connectivity index (χ4n) is 4.14. The van der Waals surface area contributed by atoms with E-state index in [0.29, 0.717) is 19.5 Å². The van der Waals surface area contributed by atoms with Crippen LogP contribution in [0.2, 0.25) is 0 Å². The van der Waals surface area contributed by atoms with Crippen LogP contribution in [0.1, 0.15) is 12.8 Å². The maximum Gasteiger partial charge on any atom is 0.269 e. The Morgan fingerprint density at radius 1 is 0.926 bits per heavy atom. The lowest BCUT2D eigenvalue weighted by Crippen LogP contribution is -2.51. The summed E-state index contributed by atoms with van der Waals surface area (Å²) in [6.07, 6.45) is 5.33.